The van der Waals surface area contributed by atoms with Gasteiger partial charge in [-0.1, -0.05) is 75.1 Å². The Labute approximate surface area is 243 Å². The van der Waals surface area contributed by atoms with Gasteiger partial charge >= 0.3 is 5.97 Å². The van der Waals surface area contributed by atoms with E-state index in [4.69, 9.17) is 9.72 Å². The van der Waals surface area contributed by atoms with Crippen molar-refractivity contribution in [1.29, 1.82) is 0 Å². The fourth-order valence-corrected chi connectivity index (χ4v) is 6.00. The van der Waals surface area contributed by atoms with Crippen molar-refractivity contribution < 1.29 is 14.3 Å². The van der Waals surface area contributed by atoms with E-state index in [0.717, 1.165) is 48.1 Å². The number of aromatic nitrogens is 2. The van der Waals surface area contributed by atoms with E-state index in [1.807, 2.05) is 54.3 Å². The summed E-state index contributed by atoms with van der Waals surface area (Å²) in [5, 5.41) is 0. The SMILES string of the molecule is CCCCCCCN(Cc1nc2ccccc2[nH]1)C(=O)c1ccc2c(c1)Cc1ccccc1[C@H](CC(=O)OCC)C2. The maximum Gasteiger partial charge on any atom is 0.306 e. The number of carbonyl (C=O) groups is 2. The highest BCUT2D eigenvalue weighted by molar-refractivity contribution is 5.94. The molecule has 0 unspecified atom stereocenters. The minimum absolute atomic E-state index is 0.0318. The Balaban J connectivity index is 1.39. The first-order valence-corrected chi connectivity index (χ1v) is 15.1. The predicted octanol–water partition coefficient (Wildman–Crippen LogP) is 7.36. The molecule has 6 heteroatoms. The van der Waals surface area contributed by atoms with E-state index in [1.54, 1.807) is 0 Å². The molecule has 0 bridgehead atoms. The van der Waals surface area contributed by atoms with Gasteiger partial charge in [0.15, 0.2) is 0 Å². The zero-order valence-corrected chi connectivity index (χ0v) is 24.3. The zero-order valence-electron chi connectivity index (χ0n) is 24.3. The summed E-state index contributed by atoms with van der Waals surface area (Å²) in [5.74, 6) is 0.728. The van der Waals surface area contributed by atoms with Crippen LogP contribution < -0.4 is 0 Å². The summed E-state index contributed by atoms with van der Waals surface area (Å²) in [7, 11) is 0. The van der Waals surface area contributed by atoms with Crippen LogP contribution in [0.1, 0.15) is 96.7 Å². The number of nitrogens with one attached hydrogen (secondary N) is 1. The van der Waals surface area contributed by atoms with Gasteiger partial charge in [0.25, 0.3) is 5.91 Å². The maximum absolute atomic E-state index is 14.0. The molecular formula is C35H41N3O3. The number of rotatable bonds is 12. The van der Waals surface area contributed by atoms with Gasteiger partial charge in [-0.05, 0) is 78.6 Å². The van der Waals surface area contributed by atoms with Gasteiger partial charge in [0.2, 0.25) is 0 Å². The van der Waals surface area contributed by atoms with Crippen LogP contribution in [0.5, 0.6) is 0 Å². The molecule has 3 aromatic carbocycles. The average molecular weight is 552 g/mol. The Kier molecular flexibility index (Phi) is 9.50. The van der Waals surface area contributed by atoms with Gasteiger partial charge in [-0.15, -0.1) is 0 Å². The number of esters is 1. The molecule has 0 saturated heterocycles. The smallest absolute Gasteiger partial charge is 0.306 e. The third kappa shape index (κ3) is 7.05. The van der Waals surface area contributed by atoms with Crippen molar-refractivity contribution in [3.05, 3.63) is 100 Å². The van der Waals surface area contributed by atoms with E-state index in [1.165, 1.54) is 36.0 Å². The number of amides is 1. The summed E-state index contributed by atoms with van der Waals surface area (Å²) in [6.45, 7) is 5.59. The summed E-state index contributed by atoms with van der Waals surface area (Å²) < 4.78 is 5.29. The van der Waals surface area contributed by atoms with Gasteiger partial charge in [-0.3, -0.25) is 9.59 Å². The molecule has 0 radical (unpaired) electrons. The number of fused-ring (bicyclic) bond motifs is 3. The molecule has 1 N–H and O–H groups in total. The first-order valence-electron chi connectivity index (χ1n) is 15.1. The lowest BCUT2D eigenvalue weighted by Gasteiger charge is -2.23. The van der Waals surface area contributed by atoms with Gasteiger partial charge in [0.1, 0.15) is 5.82 Å². The van der Waals surface area contributed by atoms with Crippen LogP contribution in [-0.2, 0) is 28.9 Å². The highest BCUT2D eigenvalue weighted by atomic mass is 16.5. The van der Waals surface area contributed by atoms with E-state index >= 15 is 0 Å². The fourth-order valence-electron chi connectivity index (χ4n) is 6.00. The van der Waals surface area contributed by atoms with Gasteiger partial charge in [0.05, 0.1) is 30.6 Å². The van der Waals surface area contributed by atoms with Crippen LogP contribution >= 0.6 is 0 Å². The van der Waals surface area contributed by atoms with Crippen molar-refractivity contribution in [3.63, 3.8) is 0 Å². The van der Waals surface area contributed by atoms with Gasteiger partial charge in [-0.2, -0.15) is 0 Å². The molecule has 0 saturated carbocycles. The predicted molar refractivity (Wildman–Crippen MR) is 163 cm³/mol. The number of H-pyrrole nitrogens is 1. The van der Waals surface area contributed by atoms with E-state index in [0.29, 0.717) is 31.7 Å². The highest BCUT2D eigenvalue weighted by Crippen LogP contribution is 2.35. The summed E-state index contributed by atoms with van der Waals surface area (Å²) in [6.07, 6.45) is 7.54. The molecule has 1 aliphatic carbocycles. The second-order valence-electron chi connectivity index (χ2n) is 11.1. The van der Waals surface area contributed by atoms with Crippen molar-refractivity contribution in [2.45, 2.75) is 77.7 Å². The monoisotopic (exact) mass is 551 g/mol. The van der Waals surface area contributed by atoms with E-state index in [-0.39, 0.29) is 17.8 Å². The second-order valence-corrected chi connectivity index (χ2v) is 11.1. The number of nitrogens with zero attached hydrogens (tertiary/aromatic N) is 2. The van der Waals surface area contributed by atoms with Crippen LogP contribution in [0.2, 0.25) is 0 Å². The normalized spacial score (nSPS) is 14.2. The van der Waals surface area contributed by atoms with E-state index in [2.05, 4.69) is 36.2 Å². The number of hydrogen-bond donors (Lipinski definition) is 1. The molecule has 6 nitrogen and oxygen atoms in total. The number of ether oxygens (including phenoxy) is 1. The molecule has 5 rings (SSSR count). The van der Waals surface area contributed by atoms with Crippen molar-refractivity contribution in [3.8, 4) is 0 Å². The van der Waals surface area contributed by atoms with Crippen LogP contribution in [0.3, 0.4) is 0 Å². The molecule has 0 aliphatic heterocycles. The van der Waals surface area contributed by atoms with Crippen molar-refractivity contribution in [1.82, 2.24) is 14.9 Å². The van der Waals surface area contributed by atoms with Crippen molar-refractivity contribution in [2.24, 2.45) is 0 Å². The first kappa shape index (κ1) is 28.6. The van der Waals surface area contributed by atoms with Gasteiger partial charge in [-0.25, -0.2) is 4.98 Å². The molecule has 1 aliphatic rings. The van der Waals surface area contributed by atoms with Crippen molar-refractivity contribution >= 4 is 22.9 Å². The van der Waals surface area contributed by atoms with Crippen LogP contribution in [0.4, 0.5) is 0 Å². The Morgan fingerprint density at radius 3 is 2.56 bits per heavy atom. The molecule has 1 heterocycles. The van der Waals surface area contributed by atoms with Crippen LogP contribution in [0.15, 0.2) is 66.7 Å². The van der Waals surface area contributed by atoms with Crippen molar-refractivity contribution in [2.75, 3.05) is 13.2 Å². The molecule has 0 spiro atoms. The Hall–Kier alpha value is -3.93. The van der Waals surface area contributed by atoms with Crippen LogP contribution in [0, 0.1) is 0 Å². The van der Waals surface area contributed by atoms with Gasteiger partial charge in [0, 0.05) is 12.1 Å². The summed E-state index contributed by atoms with van der Waals surface area (Å²) in [5.41, 5.74) is 7.35. The quantitative estimate of drug-likeness (QED) is 0.147. The number of aromatic amines is 1. The molecule has 1 aromatic heterocycles. The van der Waals surface area contributed by atoms with Crippen LogP contribution in [0.25, 0.3) is 11.0 Å². The molecular weight excluding hydrogens is 510 g/mol. The molecule has 214 valence electrons. The number of unbranched alkanes of at least 4 members (excludes halogenated alkanes) is 4. The first-order chi connectivity index (χ1) is 20.1. The van der Waals surface area contributed by atoms with E-state index < -0.39 is 0 Å². The minimum atomic E-state index is -0.164. The molecule has 41 heavy (non-hydrogen) atoms. The second kappa shape index (κ2) is 13.6. The Morgan fingerprint density at radius 2 is 1.73 bits per heavy atom. The largest absolute Gasteiger partial charge is 0.466 e. The summed E-state index contributed by atoms with van der Waals surface area (Å²) in [4.78, 5) is 36.5. The minimum Gasteiger partial charge on any atom is -0.466 e. The number of para-hydroxylation sites is 2. The standard InChI is InChI=1S/C35H41N3O3/c1-3-5-6-7-12-19-38(24-33-36-31-15-10-11-16-32(31)37-33)35(40)27-18-17-25-20-29(23-34(39)41-4-2)30-14-9-8-13-26(30)21-28(25)22-27/h8-11,13-18,22,29H,3-7,12,19-21,23-24H2,1-2H3,(H,36,37)/t29-/m0/s1. The molecule has 1 amide bonds. The summed E-state index contributed by atoms with van der Waals surface area (Å²) >= 11 is 0. The Bertz CT molecular complexity index is 1460. The lowest BCUT2D eigenvalue weighted by atomic mass is 9.89. The number of imidazole rings is 1. The van der Waals surface area contributed by atoms with Crippen LogP contribution in [-0.4, -0.2) is 39.9 Å². The number of benzene rings is 3. The lowest BCUT2D eigenvalue weighted by Crippen LogP contribution is -2.32. The third-order valence-corrected chi connectivity index (χ3v) is 8.11. The zero-order chi connectivity index (χ0) is 28.6. The molecule has 4 aromatic rings. The molecule has 1 atom stereocenters. The lowest BCUT2D eigenvalue weighted by molar-refractivity contribution is -0.143. The number of hydrogen-bond acceptors (Lipinski definition) is 4. The average Bonchev–Trinajstić information content (AvgIpc) is 3.32. The third-order valence-electron chi connectivity index (χ3n) is 8.11. The number of carbonyl (C=O) groups excluding carboxylic acids is 2. The Morgan fingerprint density at radius 1 is 0.927 bits per heavy atom. The topological polar surface area (TPSA) is 75.3 Å². The fraction of sp³-hybridized carbons (Fsp3) is 0.400. The molecule has 0 fully saturated rings. The van der Waals surface area contributed by atoms with Gasteiger partial charge < -0.3 is 14.6 Å². The van der Waals surface area contributed by atoms with E-state index in [9.17, 15) is 9.59 Å². The highest BCUT2D eigenvalue weighted by Gasteiger charge is 2.26. The maximum atomic E-state index is 14.0. The summed E-state index contributed by atoms with van der Waals surface area (Å²) in [6, 6.07) is 22.5.